The highest BCUT2D eigenvalue weighted by molar-refractivity contribution is 5.91. The van der Waals surface area contributed by atoms with E-state index in [1.807, 2.05) is 6.07 Å². The van der Waals surface area contributed by atoms with E-state index in [9.17, 15) is 9.18 Å². The number of carbonyl (C=O) groups is 1. The summed E-state index contributed by atoms with van der Waals surface area (Å²) in [5, 5.41) is 8.78. The lowest BCUT2D eigenvalue weighted by Crippen LogP contribution is -2.10. The number of methoxy groups -OCH3 is 1. The molecule has 100 valence electrons. The van der Waals surface area contributed by atoms with Crippen LogP contribution in [0, 0.1) is 17.3 Å². The second-order valence-electron chi connectivity index (χ2n) is 3.74. The number of esters is 1. The normalized spacial score (nSPS) is 9.65. The topological polar surface area (TPSA) is 72.2 Å². The lowest BCUT2D eigenvalue weighted by molar-refractivity contribution is 0.0729. The lowest BCUT2D eigenvalue weighted by Gasteiger charge is -2.09. The number of pyridine rings is 1. The monoisotopic (exact) mass is 272 g/mol. The van der Waals surface area contributed by atoms with Crippen molar-refractivity contribution >= 4 is 5.97 Å². The Morgan fingerprint density at radius 3 is 2.70 bits per heavy atom. The molecule has 0 bridgehead atoms. The average molecular weight is 272 g/mol. The number of benzene rings is 1. The van der Waals surface area contributed by atoms with E-state index in [-0.39, 0.29) is 17.1 Å². The number of ether oxygens (including phenoxy) is 2. The number of aromatic nitrogens is 1. The third kappa shape index (κ3) is 2.90. The molecule has 0 spiro atoms. The van der Waals surface area contributed by atoms with E-state index in [2.05, 4.69) is 4.98 Å². The van der Waals surface area contributed by atoms with Crippen LogP contribution in [0.25, 0.3) is 0 Å². The Kier molecular flexibility index (Phi) is 3.91. The number of hydrogen-bond donors (Lipinski definition) is 0. The molecular formula is C14H9FN2O3. The highest BCUT2D eigenvalue weighted by atomic mass is 19.1. The van der Waals surface area contributed by atoms with Crippen molar-refractivity contribution in [2.45, 2.75) is 0 Å². The number of nitriles is 1. The molecule has 0 fully saturated rings. The van der Waals surface area contributed by atoms with Crippen LogP contribution >= 0.6 is 0 Å². The first-order chi connectivity index (χ1) is 9.63. The van der Waals surface area contributed by atoms with Gasteiger partial charge in [0.2, 0.25) is 5.95 Å². The summed E-state index contributed by atoms with van der Waals surface area (Å²) >= 11 is 0. The van der Waals surface area contributed by atoms with Crippen molar-refractivity contribution in [2.75, 3.05) is 7.11 Å². The summed E-state index contributed by atoms with van der Waals surface area (Å²) < 4.78 is 22.8. The van der Waals surface area contributed by atoms with Crippen molar-refractivity contribution in [3.05, 3.63) is 53.6 Å². The van der Waals surface area contributed by atoms with E-state index in [1.165, 1.54) is 31.4 Å². The molecule has 0 N–H and O–H groups in total. The van der Waals surface area contributed by atoms with E-state index in [0.29, 0.717) is 5.56 Å². The Bertz CT molecular complexity index is 678. The van der Waals surface area contributed by atoms with Crippen molar-refractivity contribution < 1.29 is 18.7 Å². The molecule has 6 heteroatoms. The summed E-state index contributed by atoms with van der Waals surface area (Å²) in [6, 6.07) is 8.67. The van der Waals surface area contributed by atoms with Crippen molar-refractivity contribution in [1.82, 2.24) is 4.98 Å². The summed E-state index contributed by atoms with van der Waals surface area (Å²) in [6.45, 7) is 0. The molecule has 1 aromatic carbocycles. The summed E-state index contributed by atoms with van der Waals surface area (Å²) in [4.78, 5) is 15.2. The Labute approximate surface area is 114 Å². The van der Waals surface area contributed by atoms with Gasteiger partial charge in [-0.25, -0.2) is 9.78 Å². The number of carbonyl (C=O) groups excluding carboxylic acids is 1. The average Bonchev–Trinajstić information content (AvgIpc) is 2.48. The molecule has 0 atom stereocenters. The maximum Gasteiger partial charge on any atom is 0.345 e. The van der Waals surface area contributed by atoms with Gasteiger partial charge >= 0.3 is 5.97 Å². The third-order valence-corrected chi connectivity index (χ3v) is 2.46. The van der Waals surface area contributed by atoms with Gasteiger partial charge in [0.25, 0.3) is 0 Å². The van der Waals surface area contributed by atoms with Crippen molar-refractivity contribution in [3.63, 3.8) is 0 Å². The quantitative estimate of drug-likeness (QED) is 0.487. The van der Waals surface area contributed by atoms with Crippen LogP contribution in [0.1, 0.15) is 15.9 Å². The molecule has 0 aliphatic heterocycles. The zero-order valence-corrected chi connectivity index (χ0v) is 10.5. The van der Waals surface area contributed by atoms with Gasteiger partial charge in [-0.1, -0.05) is 0 Å². The number of rotatable bonds is 3. The van der Waals surface area contributed by atoms with Crippen LogP contribution < -0.4 is 9.47 Å². The Morgan fingerprint density at radius 2 is 2.10 bits per heavy atom. The predicted molar refractivity (Wildman–Crippen MR) is 66.9 cm³/mol. The minimum absolute atomic E-state index is 0.109. The van der Waals surface area contributed by atoms with Gasteiger partial charge in [0.1, 0.15) is 0 Å². The van der Waals surface area contributed by atoms with E-state index >= 15 is 0 Å². The van der Waals surface area contributed by atoms with E-state index in [0.717, 1.165) is 12.3 Å². The summed E-state index contributed by atoms with van der Waals surface area (Å²) in [5.74, 6) is -0.952. The SMILES string of the molecule is COc1cc(C#N)ccc1OC(=O)c1ccc(F)nc1. The van der Waals surface area contributed by atoms with Crippen LogP contribution in [0.4, 0.5) is 4.39 Å². The molecule has 0 aliphatic carbocycles. The molecule has 2 rings (SSSR count). The van der Waals surface area contributed by atoms with Crippen LogP contribution in [-0.2, 0) is 0 Å². The second kappa shape index (κ2) is 5.80. The van der Waals surface area contributed by atoms with Gasteiger partial charge in [0.15, 0.2) is 11.5 Å². The van der Waals surface area contributed by atoms with Gasteiger partial charge in [-0.15, -0.1) is 0 Å². The molecule has 0 amide bonds. The first kappa shape index (κ1) is 13.5. The Balaban J connectivity index is 2.23. The van der Waals surface area contributed by atoms with Gasteiger partial charge in [-0.05, 0) is 24.3 Å². The zero-order chi connectivity index (χ0) is 14.5. The van der Waals surface area contributed by atoms with Crippen LogP contribution in [-0.4, -0.2) is 18.1 Å². The van der Waals surface area contributed by atoms with E-state index in [1.54, 1.807) is 0 Å². The molecule has 5 nitrogen and oxygen atoms in total. The highest BCUT2D eigenvalue weighted by Gasteiger charge is 2.13. The summed E-state index contributed by atoms with van der Waals surface area (Å²) in [7, 11) is 1.40. The smallest absolute Gasteiger partial charge is 0.345 e. The predicted octanol–water partition coefficient (Wildman–Crippen LogP) is 2.32. The fourth-order valence-electron chi connectivity index (χ4n) is 1.48. The lowest BCUT2D eigenvalue weighted by atomic mass is 10.2. The molecule has 2 aromatic rings. The van der Waals surface area contributed by atoms with Gasteiger partial charge in [0.05, 0.1) is 24.3 Å². The standard InChI is InChI=1S/C14H9FN2O3/c1-19-12-6-9(7-16)2-4-11(12)20-14(18)10-3-5-13(15)17-8-10/h2-6,8H,1H3. The summed E-state index contributed by atoms with van der Waals surface area (Å²) in [6.07, 6.45) is 1.08. The minimum Gasteiger partial charge on any atom is -0.493 e. The first-order valence-corrected chi connectivity index (χ1v) is 5.56. The molecule has 0 unspecified atom stereocenters. The van der Waals surface area contributed by atoms with Gasteiger partial charge in [-0.2, -0.15) is 9.65 Å². The maximum atomic E-state index is 12.7. The molecule has 1 aromatic heterocycles. The molecule has 20 heavy (non-hydrogen) atoms. The number of nitrogens with zero attached hydrogens (tertiary/aromatic N) is 2. The van der Waals surface area contributed by atoms with E-state index < -0.39 is 11.9 Å². The minimum atomic E-state index is -0.694. The fraction of sp³-hybridized carbons (Fsp3) is 0.0714. The Morgan fingerprint density at radius 1 is 1.30 bits per heavy atom. The molecule has 0 aliphatic rings. The first-order valence-electron chi connectivity index (χ1n) is 5.56. The number of halogens is 1. The third-order valence-electron chi connectivity index (χ3n) is 2.46. The van der Waals surface area contributed by atoms with Gasteiger partial charge in [0, 0.05) is 12.3 Å². The molecule has 0 saturated carbocycles. The molecule has 1 heterocycles. The molecule has 0 radical (unpaired) electrons. The number of hydrogen-bond acceptors (Lipinski definition) is 5. The zero-order valence-electron chi connectivity index (χ0n) is 10.5. The van der Waals surface area contributed by atoms with E-state index in [4.69, 9.17) is 14.7 Å². The highest BCUT2D eigenvalue weighted by Crippen LogP contribution is 2.28. The maximum absolute atomic E-state index is 12.7. The Hall–Kier alpha value is -2.94. The molecule has 0 saturated heterocycles. The molecular weight excluding hydrogens is 263 g/mol. The van der Waals surface area contributed by atoms with Gasteiger partial charge in [-0.3, -0.25) is 0 Å². The second-order valence-corrected chi connectivity index (χ2v) is 3.74. The van der Waals surface area contributed by atoms with Crippen LogP contribution in [0.3, 0.4) is 0 Å². The summed E-state index contributed by atoms with van der Waals surface area (Å²) in [5.41, 5.74) is 0.489. The van der Waals surface area contributed by atoms with Crippen molar-refractivity contribution in [2.24, 2.45) is 0 Å². The van der Waals surface area contributed by atoms with Gasteiger partial charge < -0.3 is 9.47 Å². The largest absolute Gasteiger partial charge is 0.493 e. The van der Waals surface area contributed by atoms with Crippen LogP contribution in [0.2, 0.25) is 0 Å². The van der Waals surface area contributed by atoms with Crippen molar-refractivity contribution in [1.29, 1.82) is 5.26 Å². The van der Waals surface area contributed by atoms with Crippen molar-refractivity contribution in [3.8, 4) is 17.6 Å². The van der Waals surface area contributed by atoms with Crippen LogP contribution in [0.5, 0.6) is 11.5 Å². The fourth-order valence-corrected chi connectivity index (χ4v) is 1.48. The van der Waals surface area contributed by atoms with Crippen LogP contribution in [0.15, 0.2) is 36.5 Å².